The number of nitrogens with zero attached hydrogens (tertiary/aromatic N) is 1. The summed E-state index contributed by atoms with van der Waals surface area (Å²) < 4.78 is 12.7. The van der Waals surface area contributed by atoms with Crippen molar-refractivity contribution in [2.45, 2.75) is 5.88 Å². The van der Waals surface area contributed by atoms with E-state index in [2.05, 4.69) is 4.98 Å². The van der Waals surface area contributed by atoms with Gasteiger partial charge in [0.25, 0.3) is 0 Å². The summed E-state index contributed by atoms with van der Waals surface area (Å²) in [7, 11) is 0. The van der Waals surface area contributed by atoms with E-state index in [4.69, 9.17) is 11.6 Å². The number of pyridine rings is 1. The summed E-state index contributed by atoms with van der Waals surface area (Å²) in [6, 6.07) is 8.27. The minimum absolute atomic E-state index is 0.236. The molecule has 0 spiro atoms. The SMILES string of the molecule is Fc1ccc(-c2cncc(CCl)c2)cc1. The van der Waals surface area contributed by atoms with Crippen molar-refractivity contribution in [3.63, 3.8) is 0 Å². The number of halogens is 2. The summed E-state index contributed by atoms with van der Waals surface area (Å²) in [6.45, 7) is 0. The second kappa shape index (κ2) is 4.41. The third-order valence-electron chi connectivity index (χ3n) is 2.13. The Hall–Kier alpha value is -1.41. The van der Waals surface area contributed by atoms with Gasteiger partial charge in [0.15, 0.2) is 0 Å². The predicted octanol–water partition coefficient (Wildman–Crippen LogP) is 3.63. The molecule has 0 aliphatic rings. The van der Waals surface area contributed by atoms with Crippen molar-refractivity contribution in [1.82, 2.24) is 4.98 Å². The predicted molar refractivity (Wildman–Crippen MR) is 59.2 cm³/mol. The Morgan fingerprint density at radius 3 is 2.47 bits per heavy atom. The molecule has 2 aromatic rings. The zero-order valence-corrected chi connectivity index (χ0v) is 8.71. The molecule has 0 unspecified atom stereocenters. The van der Waals surface area contributed by atoms with E-state index < -0.39 is 0 Å². The summed E-state index contributed by atoms with van der Waals surface area (Å²) in [4.78, 5) is 4.08. The fraction of sp³-hybridized carbons (Fsp3) is 0.0833. The van der Waals surface area contributed by atoms with Crippen LogP contribution in [0.4, 0.5) is 4.39 Å². The van der Waals surface area contributed by atoms with E-state index >= 15 is 0 Å². The van der Waals surface area contributed by atoms with Crippen LogP contribution in [-0.2, 0) is 5.88 Å². The number of hydrogen-bond acceptors (Lipinski definition) is 1. The maximum Gasteiger partial charge on any atom is 0.123 e. The molecule has 2 rings (SSSR count). The van der Waals surface area contributed by atoms with Crippen LogP contribution in [0.3, 0.4) is 0 Å². The molecule has 0 radical (unpaired) electrons. The van der Waals surface area contributed by atoms with E-state index in [-0.39, 0.29) is 5.82 Å². The fourth-order valence-corrected chi connectivity index (χ4v) is 1.51. The van der Waals surface area contributed by atoms with Crippen molar-refractivity contribution < 1.29 is 4.39 Å². The van der Waals surface area contributed by atoms with Gasteiger partial charge in [0.1, 0.15) is 5.82 Å². The molecule has 0 bridgehead atoms. The normalized spacial score (nSPS) is 10.3. The zero-order valence-electron chi connectivity index (χ0n) is 7.95. The van der Waals surface area contributed by atoms with Crippen LogP contribution in [0.2, 0.25) is 0 Å². The largest absolute Gasteiger partial charge is 0.264 e. The lowest BCUT2D eigenvalue weighted by molar-refractivity contribution is 0.628. The molecule has 0 saturated heterocycles. The summed E-state index contributed by atoms with van der Waals surface area (Å²) in [6.07, 6.45) is 3.46. The molecule has 1 aromatic heterocycles. The van der Waals surface area contributed by atoms with Crippen molar-refractivity contribution in [2.24, 2.45) is 0 Å². The molecule has 0 saturated carbocycles. The van der Waals surface area contributed by atoms with Gasteiger partial charge in [0.2, 0.25) is 0 Å². The Morgan fingerprint density at radius 2 is 1.80 bits per heavy atom. The molecule has 76 valence electrons. The van der Waals surface area contributed by atoms with Gasteiger partial charge in [-0.3, -0.25) is 4.98 Å². The average Bonchev–Trinajstić information content (AvgIpc) is 2.30. The van der Waals surface area contributed by atoms with Crippen LogP contribution in [0, 0.1) is 5.82 Å². The van der Waals surface area contributed by atoms with E-state index in [1.807, 2.05) is 6.07 Å². The van der Waals surface area contributed by atoms with Crippen LogP contribution in [0.15, 0.2) is 42.7 Å². The van der Waals surface area contributed by atoms with Crippen LogP contribution in [0.25, 0.3) is 11.1 Å². The quantitative estimate of drug-likeness (QED) is 0.706. The Labute approximate surface area is 92.5 Å². The minimum Gasteiger partial charge on any atom is -0.264 e. The van der Waals surface area contributed by atoms with Gasteiger partial charge in [-0.1, -0.05) is 12.1 Å². The maximum atomic E-state index is 12.7. The Bertz CT molecular complexity index is 453. The lowest BCUT2D eigenvalue weighted by Crippen LogP contribution is -1.84. The van der Waals surface area contributed by atoms with Crippen molar-refractivity contribution in [2.75, 3.05) is 0 Å². The number of alkyl halides is 1. The fourth-order valence-electron chi connectivity index (χ4n) is 1.36. The van der Waals surface area contributed by atoms with Gasteiger partial charge in [0, 0.05) is 23.8 Å². The zero-order chi connectivity index (χ0) is 10.7. The van der Waals surface area contributed by atoms with Crippen LogP contribution < -0.4 is 0 Å². The van der Waals surface area contributed by atoms with Crippen LogP contribution in [-0.4, -0.2) is 4.98 Å². The second-order valence-corrected chi connectivity index (χ2v) is 3.49. The summed E-state index contributed by atoms with van der Waals surface area (Å²) in [5, 5.41) is 0. The van der Waals surface area contributed by atoms with Crippen LogP contribution in [0.5, 0.6) is 0 Å². The average molecular weight is 222 g/mol. The van der Waals surface area contributed by atoms with Crippen molar-refractivity contribution in [3.05, 3.63) is 54.1 Å². The number of hydrogen-bond donors (Lipinski definition) is 0. The monoisotopic (exact) mass is 221 g/mol. The Balaban J connectivity index is 2.40. The van der Waals surface area contributed by atoms with Crippen molar-refractivity contribution in [3.8, 4) is 11.1 Å². The van der Waals surface area contributed by atoms with Gasteiger partial charge in [-0.2, -0.15) is 0 Å². The minimum atomic E-state index is -0.236. The smallest absolute Gasteiger partial charge is 0.123 e. The van der Waals surface area contributed by atoms with E-state index in [0.29, 0.717) is 5.88 Å². The highest BCUT2D eigenvalue weighted by molar-refractivity contribution is 6.17. The van der Waals surface area contributed by atoms with E-state index in [0.717, 1.165) is 16.7 Å². The maximum absolute atomic E-state index is 12.7. The van der Waals surface area contributed by atoms with E-state index in [9.17, 15) is 4.39 Å². The third-order valence-corrected chi connectivity index (χ3v) is 2.44. The molecule has 0 atom stereocenters. The molecule has 15 heavy (non-hydrogen) atoms. The topological polar surface area (TPSA) is 12.9 Å². The molecule has 0 amide bonds. The number of aromatic nitrogens is 1. The van der Waals surface area contributed by atoms with Crippen LogP contribution in [0.1, 0.15) is 5.56 Å². The molecule has 0 N–H and O–H groups in total. The van der Waals surface area contributed by atoms with Crippen molar-refractivity contribution >= 4 is 11.6 Å². The second-order valence-electron chi connectivity index (χ2n) is 3.22. The molecule has 0 aliphatic carbocycles. The highest BCUT2D eigenvalue weighted by atomic mass is 35.5. The molecule has 1 heterocycles. The molecule has 0 fully saturated rings. The highest BCUT2D eigenvalue weighted by Crippen LogP contribution is 2.20. The Morgan fingerprint density at radius 1 is 1.07 bits per heavy atom. The van der Waals surface area contributed by atoms with Gasteiger partial charge in [-0.05, 0) is 29.3 Å². The number of benzene rings is 1. The first-order valence-electron chi connectivity index (χ1n) is 4.55. The van der Waals surface area contributed by atoms with Gasteiger partial charge < -0.3 is 0 Å². The van der Waals surface area contributed by atoms with Gasteiger partial charge in [0.05, 0.1) is 0 Å². The van der Waals surface area contributed by atoms with Gasteiger partial charge >= 0.3 is 0 Å². The van der Waals surface area contributed by atoms with Gasteiger partial charge in [-0.15, -0.1) is 11.6 Å². The first kappa shape index (κ1) is 10.1. The summed E-state index contributed by atoms with van der Waals surface area (Å²) >= 11 is 5.71. The van der Waals surface area contributed by atoms with Crippen molar-refractivity contribution in [1.29, 1.82) is 0 Å². The molecule has 1 aromatic carbocycles. The van der Waals surface area contributed by atoms with Crippen LogP contribution >= 0.6 is 11.6 Å². The Kier molecular flexibility index (Phi) is 2.97. The summed E-state index contributed by atoms with van der Waals surface area (Å²) in [5.74, 6) is 0.197. The third kappa shape index (κ3) is 2.34. The molecule has 3 heteroatoms. The van der Waals surface area contributed by atoms with E-state index in [1.54, 1.807) is 24.5 Å². The molecule has 1 nitrogen and oxygen atoms in total. The number of rotatable bonds is 2. The molecular formula is C12H9ClFN. The first-order chi connectivity index (χ1) is 7.29. The van der Waals surface area contributed by atoms with E-state index in [1.165, 1.54) is 12.1 Å². The molecule has 0 aliphatic heterocycles. The molecular weight excluding hydrogens is 213 g/mol. The lowest BCUT2D eigenvalue weighted by Gasteiger charge is -2.02. The lowest BCUT2D eigenvalue weighted by atomic mass is 10.1. The highest BCUT2D eigenvalue weighted by Gasteiger charge is 1.99. The first-order valence-corrected chi connectivity index (χ1v) is 5.09. The standard InChI is InChI=1S/C12H9ClFN/c13-6-9-5-11(8-15-7-9)10-1-3-12(14)4-2-10/h1-5,7-8H,6H2. The summed E-state index contributed by atoms with van der Waals surface area (Å²) in [5.41, 5.74) is 2.85. The van der Waals surface area contributed by atoms with Gasteiger partial charge in [-0.25, -0.2) is 4.39 Å².